The molecule has 1 aromatic carbocycles. The van der Waals surface area contributed by atoms with Crippen LogP contribution in [0.15, 0.2) is 35.4 Å². The first-order valence-electron chi connectivity index (χ1n) is 5.33. The fourth-order valence-corrected chi connectivity index (χ4v) is 2.89. The summed E-state index contributed by atoms with van der Waals surface area (Å²) in [6, 6.07) is 10.3. The van der Waals surface area contributed by atoms with Crippen LogP contribution in [0.25, 0.3) is 0 Å². The lowest BCUT2D eigenvalue weighted by Crippen LogP contribution is -2.31. The van der Waals surface area contributed by atoms with E-state index in [1.54, 1.807) is 0 Å². The molecule has 1 aromatic rings. The van der Waals surface area contributed by atoms with Crippen LogP contribution in [-0.4, -0.2) is 9.91 Å². The fourth-order valence-electron chi connectivity index (χ4n) is 1.72. The minimum absolute atomic E-state index is 0.0833. The van der Waals surface area contributed by atoms with Crippen molar-refractivity contribution in [2.24, 2.45) is 5.10 Å². The Balaban J connectivity index is 2.10. The molecule has 1 atom stereocenters. The van der Waals surface area contributed by atoms with Gasteiger partial charge in [-0.15, -0.1) is 0 Å². The Morgan fingerprint density at radius 1 is 1.33 bits per heavy atom. The monoisotopic (exact) mass is 220 g/mol. The van der Waals surface area contributed by atoms with Gasteiger partial charge in [-0.05, 0) is 13.3 Å². The average molecular weight is 220 g/mol. The zero-order valence-corrected chi connectivity index (χ0v) is 9.97. The second kappa shape index (κ2) is 4.27. The Bertz CT molecular complexity index is 361. The van der Waals surface area contributed by atoms with Crippen molar-refractivity contribution in [3.63, 3.8) is 0 Å². The van der Waals surface area contributed by atoms with Gasteiger partial charge in [0.2, 0.25) is 0 Å². The molecule has 0 unspecified atom stereocenters. The van der Waals surface area contributed by atoms with Gasteiger partial charge in [0.15, 0.2) is 0 Å². The SMILES string of the molecule is CCC[C@]1(C)NN=C(c2ccccc2)S1. The summed E-state index contributed by atoms with van der Waals surface area (Å²) in [6.45, 7) is 4.41. The molecule has 1 heterocycles. The summed E-state index contributed by atoms with van der Waals surface area (Å²) < 4.78 is 0. The molecule has 0 spiro atoms. The van der Waals surface area contributed by atoms with Crippen LogP contribution in [-0.2, 0) is 0 Å². The molecule has 0 radical (unpaired) electrons. The first-order valence-corrected chi connectivity index (χ1v) is 6.14. The number of benzene rings is 1. The molecule has 0 saturated carbocycles. The van der Waals surface area contributed by atoms with Crippen LogP contribution >= 0.6 is 11.8 Å². The van der Waals surface area contributed by atoms with Crippen LogP contribution in [0.4, 0.5) is 0 Å². The van der Waals surface area contributed by atoms with E-state index in [0.29, 0.717) is 0 Å². The first kappa shape index (κ1) is 10.6. The van der Waals surface area contributed by atoms with Gasteiger partial charge in [-0.1, -0.05) is 55.4 Å². The highest BCUT2D eigenvalue weighted by molar-refractivity contribution is 8.15. The predicted molar refractivity (Wildman–Crippen MR) is 67.0 cm³/mol. The maximum absolute atomic E-state index is 4.41. The summed E-state index contributed by atoms with van der Waals surface area (Å²) in [5.74, 6) is 0. The smallest absolute Gasteiger partial charge is 0.126 e. The average Bonchev–Trinajstić information content (AvgIpc) is 2.63. The maximum atomic E-state index is 4.41. The van der Waals surface area contributed by atoms with Crippen LogP contribution < -0.4 is 5.43 Å². The summed E-state index contributed by atoms with van der Waals surface area (Å²) in [4.78, 5) is 0.0833. The number of hydrogen-bond donors (Lipinski definition) is 1. The van der Waals surface area contributed by atoms with Crippen LogP contribution in [0.3, 0.4) is 0 Å². The maximum Gasteiger partial charge on any atom is 0.126 e. The molecule has 0 saturated heterocycles. The van der Waals surface area contributed by atoms with E-state index in [-0.39, 0.29) is 4.87 Å². The first-order chi connectivity index (χ1) is 7.23. The molecule has 0 aliphatic carbocycles. The van der Waals surface area contributed by atoms with Crippen molar-refractivity contribution in [3.05, 3.63) is 35.9 Å². The lowest BCUT2D eigenvalue weighted by Gasteiger charge is -2.21. The van der Waals surface area contributed by atoms with Gasteiger partial charge in [0.05, 0.1) is 0 Å². The van der Waals surface area contributed by atoms with Crippen LogP contribution in [0.5, 0.6) is 0 Å². The molecule has 3 heteroatoms. The zero-order chi connectivity index (χ0) is 10.7. The van der Waals surface area contributed by atoms with Crippen molar-refractivity contribution >= 4 is 16.8 Å². The highest BCUT2D eigenvalue weighted by Gasteiger charge is 2.31. The van der Waals surface area contributed by atoms with E-state index in [4.69, 9.17) is 0 Å². The molecule has 2 rings (SSSR count). The van der Waals surface area contributed by atoms with E-state index in [2.05, 4.69) is 36.5 Å². The van der Waals surface area contributed by atoms with Gasteiger partial charge in [-0.25, -0.2) is 0 Å². The van der Waals surface area contributed by atoms with Crippen molar-refractivity contribution in [1.29, 1.82) is 0 Å². The Labute approximate surface area is 95.2 Å². The summed E-state index contributed by atoms with van der Waals surface area (Å²) in [6.07, 6.45) is 2.31. The molecular weight excluding hydrogens is 204 g/mol. The number of thioether (sulfide) groups is 1. The molecule has 15 heavy (non-hydrogen) atoms. The van der Waals surface area contributed by atoms with Crippen molar-refractivity contribution in [2.75, 3.05) is 0 Å². The van der Waals surface area contributed by atoms with Crippen molar-refractivity contribution in [1.82, 2.24) is 5.43 Å². The zero-order valence-electron chi connectivity index (χ0n) is 9.16. The lowest BCUT2D eigenvalue weighted by atomic mass is 10.2. The third kappa shape index (κ3) is 2.34. The molecule has 0 fully saturated rings. The van der Waals surface area contributed by atoms with Gasteiger partial charge in [-0.3, -0.25) is 5.43 Å². The van der Waals surface area contributed by atoms with Gasteiger partial charge in [0.25, 0.3) is 0 Å². The molecule has 0 bridgehead atoms. The Hall–Kier alpha value is -0.960. The number of nitrogens with one attached hydrogen (secondary N) is 1. The van der Waals surface area contributed by atoms with E-state index in [1.165, 1.54) is 12.0 Å². The van der Waals surface area contributed by atoms with Gasteiger partial charge in [0, 0.05) is 5.56 Å². The molecule has 2 nitrogen and oxygen atoms in total. The van der Waals surface area contributed by atoms with Crippen LogP contribution in [0, 0.1) is 0 Å². The van der Waals surface area contributed by atoms with Gasteiger partial charge >= 0.3 is 0 Å². The lowest BCUT2D eigenvalue weighted by molar-refractivity contribution is 0.491. The molecule has 1 N–H and O–H groups in total. The number of hydrogen-bond acceptors (Lipinski definition) is 3. The second-order valence-corrected chi connectivity index (χ2v) is 5.47. The second-order valence-electron chi connectivity index (χ2n) is 3.98. The number of rotatable bonds is 3. The van der Waals surface area contributed by atoms with Gasteiger partial charge < -0.3 is 0 Å². The highest BCUT2D eigenvalue weighted by atomic mass is 32.2. The third-order valence-electron chi connectivity index (χ3n) is 2.46. The van der Waals surface area contributed by atoms with E-state index in [1.807, 2.05) is 30.0 Å². The standard InChI is InChI=1S/C12H16N2S/c1-3-9-12(2)14-13-11(15-12)10-7-5-4-6-8-10/h4-8,14H,3,9H2,1-2H3/t12-/m1/s1. The Morgan fingerprint density at radius 2 is 2.07 bits per heavy atom. The van der Waals surface area contributed by atoms with Crippen molar-refractivity contribution in [2.45, 2.75) is 31.6 Å². The highest BCUT2D eigenvalue weighted by Crippen LogP contribution is 2.34. The molecule has 80 valence electrons. The summed E-state index contributed by atoms with van der Waals surface area (Å²) in [7, 11) is 0. The van der Waals surface area contributed by atoms with Crippen LogP contribution in [0.2, 0.25) is 0 Å². The summed E-state index contributed by atoms with van der Waals surface area (Å²) in [5, 5.41) is 5.51. The van der Waals surface area contributed by atoms with Crippen LogP contribution in [0.1, 0.15) is 32.3 Å². The van der Waals surface area contributed by atoms with E-state index < -0.39 is 0 Å². The van der Waals surface area contributed by atoms with Crippen molar-refractivity contribution < 1.29 is 0 Å². The predicted octanol–water partition coefficient (Wildman–Crippen LogP) is 3.20. The summed E-state index contributed by atoms with van der Waals surface area (Å²) >= 11 is 1.83. The largest absolute Gasteiger partial charge is 0.293 e. The normalized spacial score (nSPS) is 24.8. The molecule has 0 amide bonds. The minimum Gasteiger partial charge on any atom is -0.293 e. The molecule has 1 aliphatic heterocycles. The molecular formula is C12H16N2S. The van der Waals surface area contributed by atoms with E-state index in [9.17, 15) is 0 Å². The third-order valence-corrected chi connectivity index (χ3v) is 3.73. The molecule has 1 aliphatic rings. The Kier molecular flexibility index (Phi) is 3.00. The molecule has 0 aromatic heterocycles. The quantitative estimate of drug-likeness (QED) is 0.846. The summed E-state index contributed by atoms with van der Waals surface area (Å²) in [5.41, 5.74) is 4.44. The van der Waals surface area contributed by atoms with E-state index >= 15 is 0 Å². The van der Waals surface area contributed by atoms with Gasteiger partial charge in [-0.2, -0.15) is 5.10 Å². The topological polar surface area (TPSA) is 24.4 Å². The van der Waals surface area contributed by atoms with Gasteiger partial charge in [0.1, 0.15) is 9.91 Å². The fraction of sp³-hybridized carbons (Fsp3) is 0.417. The van der Waals surface area contributed by atoms with Crippen molar-refractivity contribution in [3.8, 4) is 0 Å². The van der Waals surface area contributed by atoms with E-state index in [0.717, 1.165) is 11.5 Å². The number of nitrogens with zero attached hydrogens (tertiary/aromatic N) is 1. The minimum atomic E-state index is 0.0833. The Morgan fingerprint density at radius 3 is 2.73 bits per heavy atom. The number of hydrazone groups is 1.